The quantitative estimate of drug-likeness (QED) is 0.450. The first-order valence-corrected chi connectivity index (χ1v) is 11.0. The lowest BCUT2D eigenvalue weighted by Gasteiger charge is -2.39. The van der Waals surface area contributed by atoms with Gasteiger partial charge in [-0.1, -0.05) is 65.7 Å². The lowest BCUT2D eigenvalue weighted by molar-refractivity contribution is 0.0117. The van der Waals surface area contributed by atoms with E-state index >= 15 is 0 Å². The molecular formula is C26H24ClN3O. The van der Waals surface area contributed by atoms with Gasteiger partial charge in [0.15, 0.2) is 5.82 Å². The van der Waals surface area contributed by atoms with Gasteiger partial charge in [0.1, 0.15) is 5.82 Å². The Kier molecular flexibility index (Phi) is 5.12. The summed E-state index contributed by atoms with van der Waals surface area (Å²) in [5, 5.41) is 13.0. The molecule has 3 aromatic carbocycles. The topological polar surface area (TPSA) is 49.2 Å². The predicted molar refractivity (Wildman–Crippen MR) is 127 cm³/mol. The Labute approximate surface area is 187 Å². The molecule has 1 aromatic heterocycles. The van der Waals surface area contributed by atoms with Crippen molar-refractivity contribution in [2.45, 2.75) is 25.4 Å². The van der Waals surface area contributed by atoms with Gasteiger partial charge < -0.3 is 10.0 Å². The minimum Gasteiger partial charge on any atom is -0.385 e. The molecule has 4 aromatic rings. The van der Waals surface area contributed by atoms with Gasteiger partial charge in [-0.15, -0.1) is 0 Å². The van der Waals surface area contributed by atoms with Crippen LogP contribution >= 0.6 is 11.6 Å². The van der Waals surface area contributed by atoms with E-state index in [9.17, 15) is 5.11 Å². The van der Waals surface area contributed by atoms with Crippen molar-refractivity contribution in [3.05, 3.63) is 88.9 Å². The Morgan fingerprint density at radius 2 is 1.55 bits per heavy atom. The second kappa shape index (κ2) is 7.95. The summed E-state index contributed by atoms with van der Waals surface area (Å²) in [6, 6.07) is 24.0. The number of halogens is 1. The van der Waals surface area contributed by atoms with Crippen LogP contribution in [0.1, 0.15) is 24.0 Å². The van der Waals surface area contributed by atoms with Gasteiger partial charge in [0, 0.05) is 29.1 Å². The Bertz CT molecular complexity index is 1210. The second-order valence-electron chi connectivity index (χ2n) is 8.28. The molecule has 4 nitrogen and oxygen atoms in total. The van der Waals surface area contributed by atoms with E-state index in [4.69, 9.17) is 21.6 Å². The molecular weight excluding hydrogens is 406 g/mol. The summed E-state index contributed by atoms with van der Waals surface area (Å²) in [4.78, 5) is 12.1. The normalized spacial score (nSPS) is 15.9. The van der Waals surface area contributed by atoms with Gasteiger partial charge >= 0.3 is 0 Å². The number of hydrogen-bond acceptors (Lipinski definition) is 4. The number of nitrogens with zero attached hydrogens (tertiary/aromatic N) is 3. The Balaban J connectivity index is 1.49. The van der Waals surface area contributed by atoms with E-state index in [1.54, 1.807) is 0 Å². The summed E-state index contributed by atoms with van der Waals surface area (Å²) < 4.78 is 0. The van der Waals surface area contributed by atoms with Crippen LogP contribution in [0.15, 0.2) is 72.8 Å². The van der Waals surface area contributed by atoms with E-state index in [2.05, 4.69) is 42.2 Å². The van der Waals surface area contributed by atoms with E-state index in [1.807, 2.05) is 42.5 Å². The number of fused-ring (bicyclic) bond motifs is 1. The van der Waals surface area contributed by atoms with Crippen molar-refractivity contribution in [3.63, 3.8) is 0 Å². The average molecular weight is 430 g/mol. The summed E-state index contributed by atoms with van der Waals surface area (Å²) in [6.07, 6.45) is 1.26. The van der Waals surface area contributed by atoms with Crippen LogP contribution in [-0.2, 0) is 5.60 Å². The van der Waals surface area contributed by atoms with Gasteiger partial charge in [-0.3, -0.25) is 0 Å². The Morgan fingerprint density at radius 1 is 0.871 bits per heavy atom. The number of hydrogen-bond donors (Lipinski definition) is 1. The molecule has 0 unspecified atom stereocenters. The molecule has 0 aliphatic carbocycles. The number of anilines is 1. The summed E-state index contributed by atoms with van der Waals surface area (Å²) in [6.45, 7) is 3.51. The number of aliphatic hydroxyl groups is 1. The smallest absolute Gasteiger partial charge is 0.162 e. The molecule has 0 bridgehead atoms. The van der Waals surface area contributed by atoms with Crippen LogP contribution in [0, 0.1) is 6.92 Å². The summed E-state index contributed by atoms with van der Waals surface area (Å²) in [5.41, 5.74) is 3.23. The predicted octanol–water partition coefficient (Wildman–Crippen LogP) is 5.75. The molecule has 0 saturated carbocycles. The van der Waals surface area contributed by atoms with Crippen molar-refractivity contribution in [2.75, 3.05) is 18.0 Å². The Morgan fingerprint density at radius 3 is 2.26 bits per heavy atom. The highest BCUT2D eigenvalue weighted by atomic mass is 35.5. The fourth-order valence-electron chi connectivity index (χ4n) is 4.27. The van der Waals surface area contributed by atoms with Crippen LogP contribution in [0.2, 0.25) is 5.02 Å². The van der Waals surface area contributed by atoms with Gasteiger partial charge in [-0.25, -0.2) is 9.97 Å². The second-order valence-corrected chi connectivity index (χ2v) is 8.72. The molecule has 5 heteroatoms. The molecule has 0 amide bonds. The van der Waals surface area contributed by atoms with Gasteiger partial charge in [0.05, 0.1) is 11.1 Å². The number of aromatic nitrogens is 2. The van der Waals surface area contributed by atoms with Gasteiger partial charge in [-0.05, 0) is 49.6 Å². The molecule has 1 aliphatic heterocycles. The lowest BCUT2D eigenvalue weighted by Crippen LogP contribution is -2.43. The fraction of sp³-hybridized carbons (Fsp3) is 0.231. The zero-order chi connectivity index (χ0) is 21.4. The Hall–Kier alpha value is -2.95. The molecule has 2 heterocycles. The third-order valence-corrected chi connectivity index (χ3v) is 6.42. The van der Waals surface area contributed by atoms with Crippen molar-refractivity contribution in [3.8, 4) is 11.4 Å². The molecule has 0 radical (unpaired) electrons. The number of piperidine rings is 1. The maximum absolute atomic E-state index is 11.3. The monoisotopic (exact) mass is 429 g/mol. The third-order valence-electron chi connectivity index (χ3n) is 6.16. The molecule has 1 fully saturated rings. The number of benzene rings is 3. The first-order chi connectivity index (χ1) is 15.0. The van der Waals surface area contributed by atoms with Crippen molar-refractivity contribution in [1.29, 1.82) is 0 Å². The van der Waals surface area contributed by atoms with E-state index in [0.29, 0.717) is 31.0 Å². The number of aryl methyl sites for hydroxylation is 1. The number of para-hydroxylation sites is 1. The van der Waals surface area contributed by atoms with E-state index < -0.39 is 5.60 Å². The van der Waals surface area contributed by atoms with Crippen LogP contribution in [-0.4, -0.2) is 28.2 Å². The van der Waals surface area contributed by atoms with Crippen LogP contribution < -0.4 is 4.90 Å². The molecule has 0 atom stereocenters. The number of rotatable bonds is 3. The first kappa shape index (κ1) is 20.0. The van der Waals surface area contributed by atoms with Crippen molar-refractivity contribution in [1.82, 2.24) is 9.97 Å². The zero-order valence-electron chi connectivity index (χ0n) is 17.4. The van der Waals surface area contributed by atoms with Gasteiger partial charge in [-0.2, -0.15) is 0 Å². The van der Waals surface area contributed by atoms with E-state index in [-0.39, 0.29) is 0 Å². The molecule has 1 N–H and O–H groups in total. The highest BCUT2D eigenvalue weighted by Crippen LogP contribution is 2.36. The lowest BCUT2D eigenvalue weighted by atomic mass is 9.84. The van der Waals surface area contributed by atoms with Crippen molar-refractivity contribution in [2.24, 2.45) is 0 Å². The van der Waals surface area contributed by atoms with E-state index in [1.165, 1.54) is 5.56 Å². The summed E-state index contributed by atoms with van der Waals surface area (Å²) in [5.74, 6) is 1.66. The highest BCUT2D eigenvalue weighted by Gasteiger charge is 2.35. The summed E-state index contributed by atoms with van der Waals surface area (Å²) in [7, 11) is 0. The third kappa shape index (κ3) is 3.89. The fourth-order valence-corrected chi connectivity index (χ4v) is 4.40. The largest absolute Gasteiger partial charge is 0.385 e. The minimum absolute atomic E-state index is 0.632. The van der Waals surface area contributed by atoms with Crippen LogP contribution in [0.5, 0.6) is 0 Å². The van der Waals surface area contributed by atoms with Crippen LogP contribution in [0.3, 0.4) is 0 Å². The van der Waals surface area contributed by atoms with Gasteiger partial charge in [0.25, 0.3) is 0 Å². The minimum atomic E-state index is -0.844. The maximum atomic E-state index is 11.3. The molecule has 1 saturated heterocycles. The van der Waals surface area contributed by atoms with Crippen molar-refractivity contribution >= 4 is 28.3 Å². The van der Waals surface area contributed by atoms with Crippen molar-refractivity contribution < 1.29 is 5.11 Å². The standard InChI is InChI=1S/C26H24ClN3O/c1-18-6-8-19(9-7-18)24-28-23-5-3-2-4-22(23)25(29-24)30-16-14-26(31,15-17-30)20-10-12-21(27)13-11-20/h2-13,31H,14-17H2,1H3. The maximum Gasteiger partial charge on any atom is 0.162 e. The zero-order valence-corrected chi connectivity index (χ0v) is 18.2. The molecule has 5 rings (SSSR count). The average Bonchev–Trinajstić information content (AvgIpc) is 2.80. The molecule has 156 valence electrons. The van der Waals surface area contributed by atoms with Crippen LogP contribution in [0.25, 0.3) is 22.3 Å². The first-order valence-electron chi connectivity index (χ1n) is 10.6. The molecule has 31 heavy (non-hydrogen) atoms. The van der Waals surface area contributed by atoms with Gasteiger partial charge in [0.2, 0.25) is 0 Å². The van der Waals surface area contributed by atoms with Crippen LogP contribution in [0.4, 0.5) is 5.82 Å². The SMILES string of the molecule is Cc1ccc(-c2nc(N3CCC(O)(c4ccc(Cl)cc4)CC3)c3ccccc3n2)cc1. The molecule has 0 spiro atoms. The highest BCUT2D eigenvalue weighted by molar-refractivity contribution is 6.30. The summed E-state index contributed by atoms with van der Waals surface area (Å²) >= 11 is 6.02. The molecule has 1 aliphatic rings. The van der Waals surface area contributed by atoms with E-state index in [0.717, 1.165) is 33.7 Å².